The van der Waals surface area contributed by atoms with E-state index in [-0.39, 0.29) is 12.3 Å². The number of non-ortho nitro benzene ring substituents is 1. The van der Waals surface area contributed by atoms with Gasteiger partial charge in [-0.05, 0) is 44.4 Å². The second-order valence-electron chi connectivity index (χ2n) is 6.27. The van der Waals surface area contributed by atoms with Gasteiger partial charge in [-0.1, -0.05) is 0 Å². The van der Waals surface area contributed by atoms with Gasteiger partial charge in [0.2, 0.25) is 10.0 Å². The van der Waals surface area contributed by atoms with E-state index in [2.05, 4.69) is 4.72 Å². The number of hydrogen-bond donors (Lipinski definition) is 1. The highest BCUT2D eigenvalue weighted by atomic mass is 32.2. The fourth-order valence-electron chi connectivity index (χ4n) is 1.77. The van der Waals surface area contributed by atoms with Crippen LogP contribution in [0.5, 0.6) is 0 Å². The molecule has 0 aromatic heterocycles. The van der Waals surface area contributed by atoms with Gasteiger partial charge in [-0.2, -0.15) is 4.72 Å². The highest BCUT2D eigenvalue weighted by Crippen LogP contribution is 2.47. The summed E-state index contributed by atoms with van der Waals surface area (Å²) >= 11 is 0. The summed E-state index contributed by atoms with van der Waals surface area (Å²) in [7, 11) is -6.29. The molecule has 0 heterocycles. The number of nitrogens with one attached hydrogen (secondary N) is 1. The highest BCUT2D eigenvalue weighted by molar-refractivity contribution is 7.91. The number of nitro benzene ring substituents is 1. The zero-order valence-electron chi connectivity index (χ0n) is 14.3. The first-order valence-electron chi connectivity index (χ1n) is 7.24. The average molecular weight is 377 g/mol. The smallest absolute Gasteiger partial charge is 0.258 e. The monoisotopic (exact) mass is 377 g/mol. The van der Waals surface area contributed by atoms with Crippen molar-refractivity contribution in [3.63, 3.8) is 0 Å². The van der Waals surface area contributed by atoms with Gasteiger partial charge in [0, 0.05) is 24.6 Å². The third kappa shape index (κ3) is 4.36. The quantitative estimate of drug-likeness (QED) is 0.443. The molecule has 10 heteroatoms. The van der Waals surface area contributed by atoms with Crippen molar-refractivity contribution in [2.45, 2.75) is 44.6 Å². The summed E-state index contributed by atoms with van der Waals surface area (Å²) in [5.74, 6) is 0. The van der Waals surface area contributed by atoms with Crippen LogP contribution in [0, 0.1) is 10.1 Å². The van der Waals surface area contributed by atoms with Gasteiger partial charge in [0.05, 0.1) is 16.3 Å². The number of nitro groups is 1. The molecule has 1 N–H and O–H groups in total. The zero-order valence-corrected chi connectivity index (χ0v) is 16.0. The normalized spacial score (nSPS) is 15.6. The van der Waals surface area contributed by atoms with Crippen molar-refractivity contribution in [3.05, 3.63) is 39.9 Å². The van der Waals surface area contributed by atoms with Gasteiger partial charge in [0.15, 0.2) is 0 Å². The third-order valence-corrected chi connectivity index (χ3v) is 7.42. The summed E-state index contributed by atoms with van der Waals surface area (Å²) in [6, 6.07) is 5.20. The van der Waals surface area contributed by atoms with E-state index < -0.39 is 33.0 Å². The maximum atomic E-state index is 12.6. The molecule has 0 fully saturated rings. The van der Waals surface area contributed by atoms with Gasteiger partial charge < -0.3 is 0 Å². The Morgan fingerprint density at radius 2 is 1.71 bits per heavy atom. The molecule has 1 unspecified atom stereocenters. The Morgan fingerprint density at radius 3 is 2.08 bits per heavy atom. The largest absolute Gasteiger partial charge is 0.536 e. The van der Waals surface area contributed by atoms with E-state index in [9.17, 15) is 23.1 Å². The van der Waals surface area contributed by atoms with Crippen LogP contribution in [0.25, 0.3) is 0 Å². The van der Waals surface area contributed by atoms with Crippen LogP contribution in [0.1, 0.15) is 40.2 Å². The summed E-state index contributed by atoms with van der Waals surface area (Å²) < 4.78 is 44.1. The standard InChI is InChI=1S/C14H22N2O6PS/c1-6-22-23(19)14(5,15-24(20,21)13(2,3)4)11-7-9-12(10-8-11)16(17)18/h7-10,15H,6H2,1-5H3/q+1/t14-/m1/s1. The molecular formula is C14H22N2O6PS+. The lowest BCUT2D eigenvalue weighted by Gasteiger charge is -2.26. The van der Waals surface area contributed by atoms with E-state index in [0.717, 1.165) is 0 Å². The van der Waals surface area contributed by atoms with Crippen LogP contribution >= 0.6 is 8.03 Å². The van der Waals surface area contributed by atoms with Crippen LogP contribution in [0.2, 0.25) is 0 Å². The number of rotatable bonds is 7. The molecule has 1 aromatic rings. The van der Waals surface area contributed by atoms with Crippen molar-refractivity contribution in [1.29, 1.82) is 0 Å². The molecule has 134 valence electrons. The summed E-state index contributed by atoms with van der Waals surface area (Å²) in [6.45, 7) is 7.75. The van der Waals surface area contributed by atoms with Crippen LogP contribution < -0.4 is 4.72 Å². The molecule has 0 aliphatic heterocycles. The van der Waals surface area contributed by atoms with Crippen molar-refractivity contribution < 1.29 is 22.4 Å². The average Bonchev–Trinajstić information content (AvgIpc) is 2.45. The lowest BCUT2D eigenvalue weighted by molar-refractivity contribution is -0.384. The summed E-state index contributed by atoms with van der Waals surface area (Å²) in [5.41, 5.74) is 0.168. The Morgan fingerprint density at radius 1 is 1.21 bits per heavy atom. The van der Waals surface area contributed by atoms with E-state index in [0.29, 0.717) is 5.56 Å². The predicted octanol–water partition coefficient (Wildman–Crippen LogP) is 3.26. The Balaban J connectivity index is 3.40. The van der Waals surface area contributed by atoms with Crippen molar-refractivity contribution in [3.8, 4) is 0 Å². The molecule has 0 saturated heterocycles. The SMILES string of the molecule is CCO[P+](=O)[C@@](C)(NS(=O)(=O)C(C)(C)C)c1ccc([N+](=O)[O-])cc1. The van der Waals surface area contributed by atoms with Gasteiger partial charge in [0.1, 0.15) is 0 Å². The molecule has 1 rings (SSSR count). The molecule has 0 saturated carbocycles. The fraction of sp³-hybridized carbons (Fsp3) is 0.571. The third-order valence-electron chi connectivity index (χ3n) is 3.39. The number of nitrogens with zero attached hydrogens (tertiary/aromatic N) is 1. The lowest BCUT2D eigenvalue weighted by atomic mass is 10.1. The Kier molecular flexibility index (Phi) is 6.21. The van der Waals surface area contributed by atoms with E-state index in [1.807, 2.05) is 0 Å². The molecule has 0 aliphatic carbocycles. The van der Waals surface area contributed by atoms with Gasteiger partial charge in [-0.15, -0.1) is 4.52 Å². The molecule has 24 heavy (non-hydrogen) atoms. The zero-order chi connectivity index (χ0) is 18.8. The van der Waals surface area contributed by atoms with Gasteiger partial charge >= 0.3 is 8.03 Å². The minimum atomic E-state index is -3.84. The maximum absolute atomic E-state index is 12.6. The number of sulfonamides is 1. The van der Waals surface area contributed by atoms with Crippen LogP contribution in [-0.4, -0.2) is 24.7 Å². The van der Waals surface area contributed by atoms with E-state index in [4.69, 9.17) is 4.52 Å². The van der Waals surface area contributed by atoms with E-state index in [1.54, 1.807) is 6.92 Å². The van der Waals surface area contributed by atoms with Crippen molar-refractivity contribution in [1.82, 2.24) is 4.72 Å². The number of benzene rings is 1. The second kappa shape index (κ2) is 7.23. The Bertz CT molecular complexity index is 727. The Hall–Kier alpha value is -1.41. The lowest BCUT2D eigenvalue weighted by Crippen LogP contribution is -2.48. The molecule has 0 aliphatic rings. The van der Waals surface area contributed by atoms with Crippen molar-refractivity contribution in [2.24, 2.45) is 0 Å². The molecule has 0 bridgehead atoms. The van der Waals surface area contributed by atoms with Crippen LogP contribution in [0.15, 0.2) is 24.3 Å². The van der Waals surface area contributed by atoms with Crippen molar-refractivity contribution >= 4 is 23.7 Å². The topological polar surface area (TPSA) is 116 Å². The Labute approximate surface area is 142 Å². The van der Waals surface area contributed by atoms with Crippen LogP contribution in [0.4, 0.5) is 5.69 Å². The summed E-state index contributed by atoms with van der Waals surface area (Å²) in [4.78, 5) is 10.2. The minimum Gasteiger partial charge on any atom is -0.258 e. The molecule has 0 spiro atoms. The van der Waals surface area contributed by atoms with Crippen LogP contribution in [0.3, 0.4) is 0 Å². The first kappa shape index (κ1) is 20.6. The first-order chi connectivity index (χ1) is 10.8. The first-order valence-corrected chi connectivity index (χ1v) is 9.90. The minimum absolute atomic E-state index is 0.134. The van der Waals surface area contributed by atoms with Gasteiger partial charge in [0.25, 0.3) is 11.0 Å². The highest BCUT2D eigenvalue weighted by Gasteiger charge is 2.53. The molecule has 1 aromatic carbocycles. The number of hydrogen-bond acceptors (Lipinski definition) is 6. The summed E-state index contributed by atoms with van der Waals surface area (Å²) in [6.07, 6.45) is 0. The van der Waals surface area contributed by atoms with Gasteiger partial charge in [-0.3, -0.25) is 10.1 Å². The summed E-state index contributed by atoms with van der Waals surface area (Å²) in [5, 5.41) is 9.22. The molecule has 0 radical (unpaired) electrons. The van der Waals surface area contributed by atoms with Gasteiger partial charge in [-0.25, -0.2) is 8.42 Å². The molecule has 8 nitrogen and oxygen atoms in total. The van der Waals surface area contributed by atoms with Crippen LogP contribution in [-0.2, 0) is 24.4 Å². The predicted molar refractivity (Wildman–Crippen MR) is 91.5 cm³/mol. The second-order valence-corrected chi connectivity index (χ2v) is 10.4. The molecule has 2 atom stereocenters. The van der Waals surface area contributed by atoms with E-state index >= 15 is 0 Å². The maximum Gasteiger partial charge on any atom is 0.536 e. The fourth-order valence-corrected chi connectivity index (χ4v) is 4.23. The van der Waals surface area contributed by atoms with Crippen molar-refractivity contribution in [2.75, 3.05) is 6.61 Å². The molecular weight excluding hydrogens is 355 g/mol. The van der Waals surface area contributed by atoms with E-state index in [1.165, 1.54) is 52.0 Å². The molecule has 0 amide bonds.